The van der Waals surface area contributed by atoms with E-state index >= 15 is 0 Å². The molecule has 0 unspecified atom stereocenters. The molecule has 1 aromatic heterocycles. The van der Waals surface area contributed by atoms with Crippen molar-refractivity contribution in [2.75, 3.05) is 7.05 Å². The van der Waals surface area contributed by atoms with Crippen molar-refractivity contribution >= 4 is 16.8 Å². The zero-order chi connectivity index (χ0) is 18.1. The van der Waals surface area contributed by atoms with E-state index < -0.39 is 23.0 Å². The van der Waals surface area contributed by atoms with Crippen LogP contribution in [0.3, 0.4) is 0 Å². The molecule has 0 N–H and O–H groups in total. The minimum absolute atomic E-state index is 0.0163. The number of hydrogen-bond donors (Lipinski definition) is 0. The van der Waals surface area contributed by atoms with Crippen molar-refractivity contribution in [2.24, 2.45) is 7.05 Å². The molecule has 0 bridgehead atoms. The van der Waals surface area contributed by atoms with Gasteiger partial charge in [-0.15, -0.1) is 0 Å². The number of fused-ring (bicyclic) bond motifs is 1. The number of hydrogen-bond acceptors (Lipinski definition) is 3. The Labute approximate surface area is 142 Å². The van der Waals surface area contributed by atoms with E-state index in [0.717, 1.165) is 6.07 Å². The number of nitrogens with zero attached hydrogens (tertiary/aromatic N) is 3. The first-order chi connectivity index (χ1) is 11.9. The van der Waals surface area contributed by atoms with E-state index in [1.165, 1.54) is 34.8 Å². The van der Waals surface area contributed by atoms with Crippen LogP contribution in [0.1, 0.15) is 16.1 Å². The molecule has 0 saturated heterocycles. The first-order valence-corrected chi connectivity index (χ1v) is 7.54. The van der Waals surface area contributed by atoms with Crippen LogP contribution in [0.25, 0.3) is 10.9 Å². The Morgan fingerprint density at radius 3 is 2.64 bits per heavy atom. The summed E-state index contributed by atoms with van der Waals surface area (Å²) < 4.78 is 28.6. The molecule has 0 aliphatic rings. The molecule has 2 aromatic carbocycles. The van der Waals surface area contributed by atoms with Crippen LogP contribution in [0.15, 0.2) is 47.3 Å². The molecule has 0 aliphatic carbocycles. The van der Waals surface area contributed by atoms with Crippen LogP contribution in [0.5, 0.6) is 0 Å². The fourth-order valence-electron chi connectivity index (χ4n) is 2.62. The second-order valence-electron chi connectivity index (χ2n) is 5.72. The zero-order valence-electron chi connectivity index (χ0n) is 13.7. The molecule has 25 heavy (non-hydrogen) atoms. The van der Waals surface area contributed by atoms with Gasteiger partial charge in [0, 0.05) is 26.2 Å². The summed E-state index contributed by atoms with van der Waals surface area (Å²) in [5.74, 6) is -1.67. The maximum atomic E-state index is 13.8. The van der Waals surface area contributed by atoms with Crippen LogP contribution in [0.4, 0.5) is 8.78 Å². The summed E-state index contributed by atoms with van der Waals surface area (Å²) in [6.45, 7) is -0.0163. The SMILES string of the molecule is CN(Cc1ccccc1F)C(=O)c1nn(C)c2ccc(F)cc2c1=O. The van der Waals surface area contributed by atoms with Crippen molar-refractivity contribution in [3.8, 4) is 0 Å². The quantitative estimate of drug-likeness (QED) is 0.734. The predicted molar refractivity (Wildman–Crippen MR) is 89.1 cm³/mol. The lowest BCUT2D eigenvalue weighted by Crippen LogP contribution is -2.33. The summed E-state index contributed by atoms with van der Waals surface area (Å²) in [7, 11) is 3.01. The van der Waals surface area contributed by atoms with E-state index in [0.29, 0.717) is 11.1 Å². The average Bonchev–Trinajstić information content (AvgIpc) is 2.59. The minimum atomic E-state index is -0.657. The van der Waals surface area contributed by atoms with Crippen LogP contribution in [0, 0.1) is 11.6 Å². The molecule has 0 atom stereocenters. The highest BCUT2D eigenvalue weighted by Gasteiger charge is 2.21. The first kappa shape index (κ1) is 16.8. The molecule has 1 amide bonds. The minimum Gasteiger partial charge on any atom is -0.336 e. The van der Waals surface area contributed by atoms with E-state index in [4.69, 9.17) is 0 Å². The molecule has 128 valence electrons. The summed E-state index contributed by atoms with van der Waals surface area (Å²) in [4.78, 5) is 26.3. The lowest BCUT2D eigenvalue weighted by atomic mass is 10.1. The van der Waals surface area contributed by atoms with Gasteiger partial charge < -0.3 is 4.90 Å². The second-order valence-corrected chi connectivity index (χ2v) is 5.72. The highest BCUT2D eigenvalue weighted by atomic mass is 19.1. The largest absolute Gasteiger partial charge is 0.336 e. The van der Waals surface area contributed by atoms with Crippen molar-refractivity contribution in [1.82, 2.24) is 14.7 Å². The van der Waals surface area contributed by atoms with Crippen LogP contribution in [-0.2, 0) is 13.6 Å². The van der Waals surface area contributed by atoms with Gasteiger partial charge in [0.15, 0.2) is 5.69 Å². The fourth-order valence-corrected chi connectivity index (χ4v) is 2.62. The summed E-state index contributed by atoms with van der Waals surface area (Å²) in [6, 6.07) is 9.78. The molecule has 5 nitrogen and oxygen atoms in total. The monoisotopic (exact) mass is 343 g/mol. The van der Waals surface area contributed by atoms with Gasteiger partial charge in [0.2, 0.25) is 5.43 Å². The van der Waals surface area contributed by atoms with Crippen molar-refractivity contribution in [3.63, 3.8) is 0 Å². The highest BCUT2D eigenvalue weighted by molar-refractivity contribution is 5.95. The third-order valence-electron chi connectivity index (χ3n) is 3.93. The van der Waals surface area contributed by atoms with Gasteiger partial charge in [-0.05, 0) is 24.3 Å². The standard InChI is InChI=1S/C18H15F2N3O2/c1-22(10-11-5-3-4-6-14(11)20)18(25)16-17(24)13-9-12(19)7-8-15(13)23(2)21-16/h3-9H,10H2,1-2H3. The topological polar surface area (TPSA) is 55.2 Å². The lowest BCUT2D eigenvalue weighted by molar-refractivity contribution is 0.0774. The van der Waals surface area contributed by atoms with Gasteiger partial charge in [0.25, 0.3) is 5.91 Å². The maximum absolute atomic E-state index is 13.8. The fraction of sp³-hybridized carbons (Fsp3) is 0.167. The van der Waals surface area contributed by atoms with Crippen LogP contribution < -0.4 is 5.43 Å². The molecule has 0 radical (unpaired) electrons. The third kappa shape index (κ3) is 3.13. The Morgan fingerprint density at radius 2 is 1.92 bits per heavy atom. The van der Waals surface area contributed by atoms with E-state index in [-0.39, 0.29) is 17.6 Å². The molecule has 0 saturated carbocycles. The van der Waals surface area contributed by atoms with E-state index in [2.05, 4.69) is 5.10 Å². The Kier molecular flexibility index (Phi) is 4.31. The van der Waals surface area contributed by atoms with Crippen LogP contribution in [0.2, 0.25) is 0 Å². The number of benzene rings is 2. The maximum Gasteiger partial charge on any atom is 0.278 e. The van der Waals surface area contributed by atoms with Crippen LogP contribution >= 0.6 is 0 Å². The molecule has 3 rings (SSSR count). The number of amides is 1. The number of halogens is 2. The van der Waals surface area contributed by atoms with Gasteiger partial charge in [-0.1, -0.05) is 18.2 Å². The first-order valence-electron chi connectivity index (χ1n) is 7.54. The molecule has 7 heteroatoms. The second kappa shape index (κ2) is 6.43. The van der Waals surface area contributed by atoms with Crippen LogP contribution in [-0.4, -0.2) is 27.6 Å². The number of carbonyl (C=O) groups excluding carboxylic acids is 1. The summed E-state index contributed by atoms with van der Waals surface area (Å²) in [5.41, 5.74) is -0.251. The number of rotatable bonds is 3. The summed E-state index contributed by atoms with van der Waals surface area (Å²) >= 11 is 0. The molecule has 3 aromatic rings. The molecular weight excluding hydrogens is 328 g/mol. The summed E-state index contributed by atoms with van der Waals surface area (Å²) in [5, 5.41) is 4.08. The lowest BCUT2D eigenvalue weighted by Gasteiger charge is -2.17. The number of carbonyl (C=O) groups is 1. The Balaban J connectivity index is 2.01. The van der Waals surface area contributed by atoms with E-state index in [1.54, 1.807) is 25.2 Å². The smallest absolute Gasteiger partial charge is 0.278 e. The van der Waals surface area contributed by atoms with Gasteiger partial charge in [0.05, 0.1) is 10.9 Å². The Morgan fingerprint density at radius 1 is 1.20 bits per heavy atom. The van der Waals surface area contributed by atoms with Gasteiger partial charge in [-0.2, -0.15) is 5.10 Å². The zero-order valence-corrected chi connectivity index (χ0v) is 13.7. The molecule has 0 fully saturated rings. The normalized spacial score (nSPS) is 10.9. The van der Waals surface area contributed by atoms with Crippen molar-refractivity contribution in [2.45, 2.75) is 6.54 Å². The molecule has 0 aliphatic heterocycles. The van der Waals surface area contributed by atoms with Crippen molar-refractivity contribution in [1.29, 1.82) is 0 Å². The number of aryl methyl sites for hydroxylation is 1. The third-order valence-corrected chi connectivity index (χ3v) is 3.93. The summed E-state index contributed by atoms with van der Waals surface area (Å²) in [6.07, 6.45) is 0. The van der Waals surface area contributed by atoms with Gasteiger partial charge in [-0.3, -0.25) is 14.3 Å². The van der Waals surface area contributed by atoms with Gasteiger partial charge >= 0.3 is 0 Å². The average molecular weight is 343 g/mol. The Hall–Kier alpha value is -3.09. The van der Waals surface area contributed by atoms with E-state index in [1.807, 2.05) is 0 Å². The molecule has 1 heterocycles. The van der Waals surface area contributed by atoms with E-state index in [9.17, 15) is 18.4 Å². The Bertz CT molecular complexity index is 1030. The van der Waals surface area contributed by atoms with Gasteiger partial charge in [0.1, 0.15) is 11.6 Å². The van der Waals surface area contributed by atoms with Crippen molar-refractivity contribution < 1.29 is 13.6 Å². The predicted octanol–water partition coefficient (Wildman–Crippen LogP) is 2.48. The molecular formula is C18H15F2N3O2. The highest BCUT2D eigenvalue weighted by Crippen LogP contribution is 2.13. The number of aromatic nitrogens is 2. The molecule has 0 spiro atoms. The van der Waals surface area contributed by atoms with Crippen molar-refractivity contribution in [3.05, 3.63) is 75.6 Å². The van der Waals surface area contributed by atoms with Gasteiger partial charge in [-0.25, -0.2) is 8.78 Å².